The van der Waals surface area contributed by atoms with Gasteiger partial charge in [-0.25, -0.2) is 4.98 Å². The average Bonchev–Trinajstić information content (AvgIpc) is 3.03. The van der Waals surface area contributed by atoms with Crippen LogP contribution in [-0.4, -0.2) is 33.2 Å². The number of carbonyl (C=O) groups excluding carboxylic acids is 1. The summed E-state index contributed by atoms with van der Waals surface area (Å²) in [6, 6.07) is 11.6. The van der Waals surface area contributed by atoms with E-state index in [1.807, 2.05) is 24.3 Å². The van der Waals surface area contributed by atoms with Gasteiger partial charge in [0.2, 0.25) is 5.91 Å². The highest BCUT2D eigenvalue weighted by Crippen LogP contribution is 2.30. The zero-order valence-electron chi connectivity index (χ0n) is 14.1. The zero-order chi connectivity index (χ0) is 18.7. The van der Waals surface area contributed by atoms with Gasteiger partial charge in [-0.3, -0.25) is 14.9 Å². The molecule has 1 unspecified atom stereocenters. The number of nitrogens with one attached hydrogen (secondary N) is 2. The van der Waals surface area contributed by atoms with E-state index in [0.717, 1.165) is 11.0 Å². The number of nitro groups is 1. The first-order valence-corrected chi connectivity index (χ1v) is 8.60. The molecule has 0 aliphatic carbocycles. The van der Waals surface area contributed by atoms with Crippen molar-refractivity contribution in [2.45, 2.75) is 17.3 Å². The van der Waals surface area contributed by atoms with Crippen molar-refractivity contribution in [2.24, 2.45) is 0 Å². The number of hydrogen-bond donors (Lipinski definition) is 2. The Kier molecular flexibility index (Phi) is 5.08. The van der Waals surface area contributed by atoms with Gasteiger partial charge >= 0.3 is 0 Å². The molecule has 0 aliphatic rings. The quantitative estimate of drug-likeness (QED) is 0.389. The third-order valence-electron chi connectivity index (χ3n) is 3.68. The molecule has 0 bridgehead atoms. The van der Waals surface area contributed by atoms with Gasteiger partial charge < -0.3 is 15.0 Å². The molecule has 1 aromatic heterocycles. The van der Waals surface area contributed by atoms with E-state index in [0.29, 0.717) is 10.9 Å². The molecule has 0 fully saturated rings. The number of aromatic amines is 1. The Labute approximate surface area is 153 Å². The number of thioether (sulfide) groups is 1. The van der Waals surface area contributed by atoms with Crippen LogP contribution < -0.4 is 10.1 Å². The topological polar surface area (TPSA) is 110 Å². The molecule has 0 saturated heterocycles. The number of ether oxygens (including phenoxy) is 1. The predicted molar refractivity (Wildman–Crippen MR) is 99.7 cm³/mol. The Morgan fingerprint density at radius 1 is 1.35 bits per heavy atom. The Balaban J connectivity index is 1.74. The summed E-state index contributed by atoms with van der Waals surface area (Å²) in [5.74, 6) is 0.0409. The number of fused-ring (bicyclic) bond motifs is 1. The highest BCUT2D eigenvalue weighted by Gasteiger charge is 2.20. The minimum Gasteiger partial charge on any atom is -0.495 e. The van der Waals surface area contributed by atoms with Gasteiger partial charge in [-0.05, 0) is 25.1 Å². The molecule has 0 aliphatic heterocycles. The molecule has 3 rings (SSSR count). The predicted octanol–water partition coefficient (Wildman–Crippen LogP) is 3.60. The van der Waals surface area contributed by atoms with Gasteiger partial charge in [0.15, 0.2) is 5.16 Å². The Morgan fingerprint density at radius 3 is 2.81 bits per heavy atom. The van der Waals surface area contributed by atoms with Crippen molar-refractivity contribution in [1.29, 1.82) is 0 Å². The number of hydrogen-bond acceptors (Lipinski definition) is 6. The molecule has 9 heteroatoms. The average molecular weight is 372 g/mol. The maximum absolute atomic E-state index is 12.5. The van der Waals surface area contributed by atoms with E-state index in [4.69, 9.17) is 4.74 Å². The van der Waals surface area contributed by atoms with Crippen LogP contribution >= 0.6 is 11.8 Å². The van der Waals surface area contributed by atoms with Crippen LogP contribution in [0.1, 0.15) is 6.92 Å². The summed E-state index contributed by atoms with van der Waals surface area (Å²) < 4.78 is 5.16. The third kappa shape index (κ3) is 3.77. The SMILES string of the molecule is COc1ccc([N+](=O)[O-])cc1NC(=O)C(C)Sc1nc2ccccc2[nH]1. The summed E-state index contributed by atoms with van der Waals surface area (Å²) in [5, 5.41) is 13.8. The lowest BCUT2D eigenvalue weighted by Gasteiger charge is -2.13. The number of benzene rings is 2. The Hall–Kier alpha value is -3.07. The minimum atomic E-state index is -0.526. The molecular formula is C17H16N4O4S. The number of rotatable bonds is 6. The highest BCUT2D eigenvalue weighted by molar-refractivity contribution is 8.00. The molecule has 0 radical (unpaired) electrons. The maximum atomic E-state index is 12.5. The Bertz CT molecular complexity index is 939. The van der Waals surface area contributed by atoms with E-state index in [2.05, 4.69) is 15.3 Å². The van der Waals surface area contributed by atoms with Gasteiger partial charge in [0.05, 0.1) is 34.0 Å². The number of amides is 1. The molecule has 2 N–H and O–H groups in total. The summed E-state index contributed by atoms with van der Waals surface area (Å²) in [7, 11) is 1.43. The molecule has 1 heterocycles. The first-order chi connectivity index (χ1) is 12.5. The van der Waals surface area contributed by atoms with Crippen molar-refractivity contribution < 1.29 is 14.5 Å². The van der Waals surface area contributed by atoms with Crippen LogP contribution in [0.3, 0.4) is 0 Å². The molecule has 1 atom stereocenters. The molecule has 1 amide bonds. The maximum Gasteiger partial charge on any atom is 0.271 e. The summed E-state index contributed by atoms with van der Waals surface area (Å²) in [6.07, 6.45) is 0. The van der Waals surface area contributed by atoms with E-state index < -0.39 is 10.2 Å². The molecule has 3 aromatic rings. The summed E-state index contributed by atoms with van der Waals surface area (Å²) in [5.41, 5.74) is 1.84. The van der Waals surface area contributed by atoms with Crippen molar-refractivity contribution >= 4 is 40.1 Å². The number of H-pyrrole nitrogens is 1. The van der Waals surface area contributed by atoms with Crippen LogP contribution in [0.15, 0.2) is 47.6 Å². The van der Waals surface area contributed by atoms with E-state index >= 15 is 0 Å². The minimum absolute atomic E-state index is 0.126. The normalized spacial score (nSPS) is 11.9. The fraction of sp³-hybridized carbons (Fsp3) is 0.176. The third-order valence-corrected chi connectivity index (χ3v) is 4.66. The number of nitro benzene ring substituents is 1. The van der Waals surface area contributed by atoms with Gasteiger partial charge in [0, 0.05) is 12.1 Å². The fourth-order valence-corrected chi connectivity index (χ4v) is 3.17. The summed E-state index contributed by atoms with van der Waals surface area (Å²) >= 11 is 1.27. The lowest BCUT2D eigenvalue weighted by Crippen LogP contribution is -2.22. The molecule has 8 nitrogen and oxygen atoms in total. The molecule has 0 spiro atoms. The lowest BCUT2D eigenvalue weighted by atomic mass is 10.2. The highest BCUT2D eigenvalue weighted by atomic mass is 32.2. The molecule has 26 heavy (non-hydrogen) atoms. The second-order valence-electron chi connectivity index (χ2n) is 5.45. The first kappa shape index (κ1) is 17.7. The van der Waals surface area contributed by atoms with Gasteiger partial charge in [-0.2, -0.15) is 0 Å². The number of methoxy groups -OCH3 is 1. The van der Waals surface area contributed by atoms with Gasteiger partial charge in [0.25, 0.3) is 5.69 Å². The largest absolute Gasteiger partial charge is 0.495 e. The van der Waals surface area contributed by atoms with Crippen LogP contribution in [0.25, 0.3) is 11.0 Å². The lowest BCUT2D eigenvalue weighted by molar-refractivity contribution is -0.384. The number of anilines is 1. The number of non-ortho nitro benzene ring substituents is 1. The molecular weight excluding hydrogens is 356 g/mol. The van der Waals surface area contributed by atoms with Crippen LogP contribution in [0.4, 0.5) is 11.4 Å². The molecule has 134 valence electrons. The van der Waals surface area contributed by atoms with Gasteiger partial charge in [-0.1, -0.05) is 23.9 Å². The number of nitrogens with zero attached hydrogens (tertiary/aromatic N) is 2. The van der Waals surface area contributed by atoms with Crippen LogP contribution in [0.5, 0.6) is 5.75 Å². The second kappa shape index (κ2) is 7.44. The number of imidazole rings is 1. The van der Waals surface area contributed by atoms with Crippen molar-refractivity contribution in [1.82, 2.24) is 9.97 Å². The van der Waals surface area contributed by atoms with Crippen molar-refractivity contribution in [3.63, 3.8) is 0 Å². The van der Waals surface area contributed by atoms with E-state index in [1.165, 1.54) is 37.1 Å². The van der Waals surface area contributed by atoms with Gasteiger partial charge in [-0.15, -0.1) is 0 Å². The monoisotopic (exact) mass is 372 g/mol. The number of aromatic nitrogens is 2. The van der Waals surface area contributed by atoms with Crippen molar-refractivity contribution in [2.75, 3.05) is 12.4 Å². The summed E-state index contributed by atoms with van der Waals surface area (Å²) in [4.78, 5) is 30.5. The second-order valence-corrected chi connectivity index (χ2v) is 6.78. The zero-order valence-corrected chi connectivity index (χ0v) is 14.9. The molecule has 0 saturated carbocycles. The van der Waals surface area contributed by atoms with E-state index in [1.54, 1.807) is 6.92 Å². The van der Waals surface area contributed by atoms with Crippen LogP contribution in [-0.2, 0) is 4.79 Å². The number of para-hydroxylation sites is 2. The fourth-order valence-electron chi connectivity index (χ4n) is 2.35. The van der Waals surface area contributed by atoms with Crippen molar-refractivity contribution in [3.8, 4) is 5.75 Å². The van der Waals surface area contributed by atoms with E-state index in [9.17, 15) is 14.9 Å². The Morgan fingerprint density at radius 2 is 2.12 bits per heavy atom. The van der Waals surface area contributed by atoms with Crippen LogP contribution in [0.2, 0.25) is 0 Å². The first-order valence-electron chi connectivity index (χ1n) is 7.72. The number of carbonyl (C=O) groups is 1. The summed E-state index contributed by atoms with van der Waals surface area (Å²) in [6.45, 7) is 1.73. The van der Waals surface area contributed by atoms with Gasteiger partial charge in [0.1, 0.15) is 5.75 Å². The standard InChI is InChI=1S/C17H16N4O4S/c1-10(26-17-19-12-5-3-4-6-13(12)20-17)16(22)18-14-9-11(21(23)24)7-8-15(14)25-2/h3-10H,1-2H3,(H,18,22)(H,19,20). The van der Waals surface area contributed by atoms with Crippen LogP contribution in [0, 0.1) is 10.1 Å². The van der Waals surface area contributed by atoms with Crippen molar-refractivity contribution in [3.05, 3.63) is 52.6 Å². The smallest absolute Gasteiger partial charge is 0.271 e. The molecule has 2 aromatic carbocycles. The van der Waals surface area contributed by atoms with E-state index in [-0.39, 0.29) is 17.3 Å².